The van der Waals surface area contributed by atoms with Crippen molar-refractivity contribution in [2.24, 2.45) is 0 Å². The molecule has 0 spiro atoms. The molecule has 1 saturated heterocycles. The molecular weight excluding hydrogens is 463 g/mol. The fraction of sp³-hybridized carbons (Fsp3) is 0.208. The number of hydrogen-bond acceptors (Lipinski definition) is 5. The number of nitrogens with zero attached hydrogens (tertiary/aromatic N) is 4. The Labute approximate surface area is 198 Å². The van der Waals surface area contributed by atoms with Gasteiger partial charge >= 0.3 is 0 Å². The van der Waals surface area contributed by atoms with Gasteiger partial charge in [-0.15, -0.1) is 16.4 Å². The Bertz CT molecular complexity index is 1240. The molecule has 1 aliphatic heterocycles. The number of carbonyl (C=O) groups is 1. The first-order chi connectivity index (χ1) is 16.0. The zero-order chi connectivity index (χ0) is 22.9. The molecule has 2 aromatic heterocycles. The van der Waals surface area contributed by atoms with Gasteiger partial charge < -0.3 is 10.0 Å². The van der Waals surface area contributed by atoms with E-state index in [1.165, 1.54) is 23.5 Å². The van der Waals surface area contributed by atoms with Gasteiger partial charge in [0, 0.05) is 23.6 Å². The van der Waals surface area contributed by atoms with Gasteiger partial charge in [0.1, 0.15) is 11.5 Å². The molecule has 1 N–H and O–H groups in total. The summed E-state index contributed by atoms with van der Waals surface area (Å²) in [5.74, 6) is -0.425. The number of aliphatic hydroxyl groups is 1. The fourth-order valence-corrected chi connectivity index (χ4v) is 4.99. The zero-order valence-electron chi connectivity index (χ0n) is 17.4. The van der Waals surface area contributed by atoms with E-state index in [4.69, 9.17) is 11.6 Å². The lowest BCUT2D eigenvalue weighted by atomic mass is 9.90. The number of piperidine rings is 1. The van der Waals surface area contributed by atoms with E-state index in [1.54, 1.807) is 46.1 Å². The quantitative estimate of drug-likeness (QED) is 0.445. The Morgan fingerprint density at radius 3 is 2.58 bits per heavy atom. The highest BCUT2D eigenvalue weighted by atomic mass is 35.5. The Hall–Kier alpha value is -3.07. The number of aromatic nitrogens is 3. The molecule has 1 aliphatic rings. The van der Waals surface area contributed by atoms with Crippen LogP contribution in [0.1, 0.15) is 33.7 Å². The molecule has 0 radical (unpaired) electrons. The van der Waals surface area contributed by atoms with Crippen LogP contribution in [0, 0.1) is 5.82 Å². The third-order valence-corrected chi connectivity index (χ3v) is 7.02. The van der Waals surface area contributed by atoms with Gasteiger partial charge in [-0.25, -0.2) is 9.07 Å². The minimum Gasteiger partial charge on any atom is -0.391 e. The summed E-state index contributed by atoms with van der Waals surface area (Å²) >= 11 is 7.44. The van der Waals surface area contributed by atoms with Crippen molar-refractivity contribution in [2.45, 2.75) is 24.6 Å². The van der Waals surface area contributed by atoms with Crippen LogP contribution in [0.3, 0.4) is 0 Å². The maximum atomic E-state index is 13.4. The van der Waals surface area contributed by atoms with Gasteiger partial charge in [-0.1, -0.05) is 35.0 Å². The molecule has 1 amide bonds. The number of hydrogen-bond donors (Lipinski definition) is 1. The molecule has 0 unspecified atom stereocenters. The van der Waals surface area contributed by atoms with E-state index in [0.717, 1.165) is 11.1 Å². The predicted molar refractivity (Wildman–Crippen MR) is 125 cm³/mol. The third-order valence-electron chi connectivity index (χ3n) is 5.91. The van der Waals surface area contributed by atoms with Gasteiger partial charge in [0.25, 0.3) is 5.91 Å². The van der Waals surface area contributed by atoms with Crippen LogP contribution < -0.4 is 0 Å². The Balaban J connectivity index is 1.46. The van der Waals surface area contributed by atoms with E-state index in [-0.39, 0.29) is 24.3 Å². The van der Waals surface area contributed by atoms with E-state index in [0.29, 0.717) is 22.0 Å². The molecule has 6 nitrogen and oxygen atoms in total. The monoisotopic (exact) mass is 482 g/mol. The normalized spacial score (nSPS) is 20.7. The number of aliphatic hydroxyl groups excluding tert-OH is 1. The molecule has 3 atom stereocenters. The highest BCUT2D eigenvalue weighted by molar-refractivity contribution is 7.12. The number of carbonyl (C=O) groups excluding carboxylic acids is 1. The highest BCUT2D eigenvalue weighted by Gasteiger charge is 2.40. The van der Waals surface area contributed by atoms with Gasteiger partial charge in [-0.3, -0.25) is 4.79 Å². The Morgan fingerprint density at radius 2 is 1.88 bits per heavy atom. The summed E-state index contributed by atoms with van der Waals surface area (Å²) in [6.45, 7) is 0.261. The average molecular weight is 483 g/mol. The molecule has 1 fully saturated rings. The summed E-state index contributed by atoms with van der Waals surface area (Å²) in [6, 6.07) is 16.2. The van der Waals surface area contributed by atoms with Gasteiger partial charge in [0.2, 0.25) is 0 Å². The standard InChI is InChI=1S/C24H20ClFN4O2S/c25-17-7-3-16(4-8-17)20-12-22(31)21(14-29(20)24(32)23-2-1-11-33-23)30-13-19(27-28-30)15-5-9-18(26)10-6-15/h1-11,13,20-22,31H,12,14H2/t20-,21-,22+/m1/s1. The summed E-state index contributed by atoms with van der Waals surface area (Å²) < 4.78 is 14.9. The minimum atomic E-state index is -0.749. The number of likely N-dealkylation sites (tertiary alicyclic amines) is 1. The third kappa shape index (κ3) is 4.42. The number of rotatable bonds is 4. The largest absolute Gasteiger partial charge is 0.391 e. The van der Waals surface area contributed by atoms with Crippen LogP contribution in [-0.4, -0.2) is 43.6 Å². The lowest BCUT2D eigenvalue weighted by Gasteiger charge is -2.42. The first kappa shape index (κ1) is 21.8. The first-order valence-electron chi connectivity index (χ1n) is 10.5. The molecule has 2 aromatic carbocycles. The number of thiophene rings is 1. The maximum absolute atomic E-state index is 13.4. The molecular formula is C24H20ClFN4O2S. The second-order valence-corrected chi connectivity index (χ2v) is 9.35. The molecule has 5 rings (SSSR count). The van der Waals surface area contributed by atoms with Gasteiger partial charge in [0.05, 0.1) is 29.3 Å². The number of halogens is 2. The maximum Gasteiger partial charge on any atom is 0.264 e. The van der Waals surface area contributed by atoms with Crippen molar-refractivity contribution in [3.63, 3.8) is 0 Å². The number of amides is 1. The fourth-order valence-electron chi connectivity index (χ4n) is 4.18. The topological polar surface area (TPSA) is 71.2 Å². The van der Waals surface area contributed by atoms with Crippen molar-refractivity contribution in [2.75, 3.05) is 6.54 Å². The summed E-state index contributed by atoms with van der Waals surface area (Å²) in [5, 5.41) is 21.9. The first-order valence-corrected chi connectivity index (χ1v) is 11.7. The molecule has 0 saturated carbocycles. The van der Waals surface area contributed by atoms with E-state index < -0.39 is 12.1 Å². The van der Waals surface area contributed by atoms with Gasteiger partial charge in [-0.2, -0.15) is 0 Å². The van der Waals surface area contributed by atoms with Crippen molar-refractivity contribution < 1.29 is 14.3 Å². The lowest BCUT2D eigenvalue weighted by Crippen LogP contribution is -2.48. The lowest BCUT2D eigenvalue weighted by molar-refractivity contribution is -0.00164. The summed E-state index contributed by atoms with van der Waals surface area (Å²) in [5.41, 5.74) is 2.20. The highest BCUT2D eigenvalue weighted by Crippen LogP contribution is 2.37. The van der Waals surface area contributed by atoms with Crippen molar-refractivity contribution >= 4 is 28.8 Å². The van der Waals surface area contributed by atoms with Crippen molar-refractivity contribution in [3.8, 4) is 11.3 Å². The molecule has 0 bridgehead atoms. The van der Waals surface area contributed by atoms with Crippen LogP contribution in [0.5, 0.6) is 0 Å². The molecule has 168 valence electrons. The molecule has 33 heavy (non-hydrogen) atoms. The van der Waals surface area contributed by atoms with Crippen LogP contribution in [0.2, 0.25) is 5.02 Å². The van der Waals surface area contributed by atoms with E-state index in [9.17, 15) is 14.3 Å². The van der Waals surface area contributed by atoms with Crippen molar-refractivity contribution in [1.82, 2.24) is 19.9 Å². The van der Waals surface area contributed by atoms with Crippen molar-refractivity contribution in [1.29, 1.82) is 0 Å². The van der Waals surface area contributed by atoms with Crippen LogP contribution in [0.4, 0.5) is 4.39 Å². The molecule has 9 heteroatoms. The minimum absolute atomic E-state index is 0.0966. The predicted octanol–water partition coefficient (Wildman–Crippen LogP) is 4.99. The van der Waals surface area contributed by atoms with Gasteiger partial charge in [0.15, 0.2) is 0 Å². The second-order valence-electron chi connectivity index (χ2n) is 7.96. The van der Waals surface area contributed by atoms with Crippen LogP contribution in [0.25, 0.3) is 11.3 Å². The molecule has 3 heterocycles. The van der Waals surface area contributed by atoms with Crippen LogP contribution in [-0.2, 0) is 0 Å². The van der Waals surface area contributed by atoms with E-state index >= 15 is 0 Å². The molecule has 0 aliphatic carbocycles. The average Bonchev–Trinajstić information content (AvgIpc) is 3.52. The summed E-state index contributed by atoms with van der Waals surface area (Å²) in [7, 11) is 0. The summed E-state index contributed by atoms with van der Waals surface area (Å²) in [6.07, 6.45) is 1.31. The summed E-state index contributed by atoms with van der Waals surface area (Å²) in [4.78, 5) is 15.8. The Morgan fingerprint density at radius 1 is 1.12 bits per heavy atom. The molecule has 4 aromatic rings. The van der Waals surface area contributed by atoms with E-state index in [1.807, 2.05) is 23.6 Å². The smallest absolute Gasteiger partial charge is 0.264 e. The second kappa shape index (κ2) is 9.05. The SMILES string of the molecule is O=C(c1cccs1)N1C[C@@H](n2cc(-c3ccc(F)cc3)nn2)[C@@H](O)C[C@@H]1c1ccc(Cl)cc1. The van der Waals surface area contributed by atoms with E-state index in [2.05, 4.69) is 10.3 Å². The van der Waals surface area contributed by atoms with Crippen LogP contribution >= 0.6 is 22.9 Å². The zero-order valence-corrected chi connectivity index (χ0v) is 19.0. The van der Waals surface area contributed by atoms with Crippen molar-refractivity contribution in [3.05, 3.63) is 93.5 Å². The van der Waals surface area contributed by atoms with Crippen LogP contribution in [0.15, 0.2) is 72.2 Å². The Kier molecular flexibility index (Phi) is 5.97. The van der Waals surface area contributed by atoms with Gasteiger partial charge in [-0.05, 0) is 53.4 Å². The number of benzene rings is 2.